The average molecular weight is 236 g/mol. The maximum absolute atomic E-state index is 10.9. The maximum atomic E-state index is 10.9. The molecule has 0 aromatic heterocycles. The highest BCUT2D eigenvalue weighted by Crippen LogP contribution is 2.27. The Morgan fingerprint density at radius 2 is 1.94 bits per heavy atom. The summed E-state index contributed by atoms with van der Waals surface area (Å²) in [6, 6.07) is 5.08. The van der Waals surface area contributed by atoms with Crippen molar-refractivity contribution in [2.24, 2.45) is 5.92 Å². The topological polar surface area (TPSA) is 66.6 Å². The number of nitrogens with zero attached hydrogens (tertiary/aromatic N) is 1. The molecule has 1 unspecified atom stereocenters. The van der Waals surface area contributed by atoms with Gasteiger partial charge < -0.3 is 15.7 Å². The van der Waals surface area contributed by atoms with Gasteiger partial charge in [-0.25, -0.2) is 4.79 Å². The van der Waals surface area contributed by atoms with Crippen LogP contribution < -0.4 is 10.6 Å². The minimum atomic E-state index is -0.933. The molecule has 0 heterocycles. The highest BCUT2D eigenvalue weighted by atomic mass is 16.4. The zero-order valence-electron chi connectivity index (χ0n) is 10.8. The third kappa shape index (κ3) is 2.90. The number of hydrogen-bond acceptors (Lipinski definition) is 3. The van der Waals surface area contributed by atoms with Gasteiger partial charge in [-0.05, 0) is 31.0 Å². The third-order valence-corrected chi connectivity index (χ3v) is 3.23. The predicted octanol–water partition coefficient (Wildman–Crippen LogP) is 2.45. The number of aromatic carboxylic acids is 1. The molecule has 0 saturated heterocycles. The van der Waals surface area contributed by atoms with Crippen molar-refractivity contribution in [3.05, 3.63) is 23.8 Å². The van der Waals surface area contributed by atoms with E-state index in [-0.39, 0.29) is 5.56 Å². The van der Waals surface area contributed by atoms with Crippen LogP contribution in [0.1, 0.15) is 31.1 Å². The molecule has 0 bridgehead atoms. The summed E-state index contributed by atoms with van der Waals surface area (Å²) in [4.78, 5) is 13.0. The monoisotopic (exact) mass is 236 g/mol. The van der Waals surface area contributed by atoms with E-state index < -0.39 is 5.97 Å². The fraction of sp³-hybridized carbons (Fsp3) is 0.462. The molecule has 0 aliphatic heterocycles. The van der Waals surface area contributed by atoms with Gasteiger partial charge in [-0.1, -0.05) is 13.8 Å². The predicted molar refractivity (Wildman–Crippen MR) is 70.5 cm³/mol. The fourth-order valence-corrected chi connectivity index (χ4v) is 1.65. The molecular weight excluding hydrogens is 216 g/mol. The van der Waals surface area contributed by atoms with Crippen LogP contribution in [-0.2, 0) is 0 Å². The van der Waals surface area contributed by atoms with Crippen LogP contribution in [0.4, 0.5) is 11.4 Å². The van der Waals surface area contributed by atoms with E-state index in [1.165, 1.54) is 6.07 Å². The maximum Gasteiger partial charge on any atom is 0.335 e. The Bertz CT molecular complexity index is 416. The Kier molecular flexibility index (Phi) is 3.99. The number of hydrogen-bond donors (Lipinski definition) is 2. The van der Waals surface area contributed by atoms with Gasteiger partial charge in [-0.2, -0.15) is 0 Å². The number of nitrogens with two attached hydrogens (primary N) is 1. The minimum Gasteiger partial charge on any atom is -0.478 e. The van der Waals surface area contributed by atoms with Crippen LogP contribution in [0.5, 0.6) is 0 Å². The van der Waals surface area contributed by atoms with E-state index in [4.69, 9.17) is 10.8 Å². The summed E-state index contributed by atoms with van der Waals surface area (Å²) >= 11 is 0. The summed E-state index contributed by atoms with van der Waals surface area (Å²) in [5.41, 5.74) is 7.53. The van der Waals surface area contributed by atoms with Gasteiger partial charge >= 0.3 is 5.97 Å². The van der Waals surface area contributed by atoms with Gasteiger partial charge in [0, 0.05) is 13.1 Å². The molecule has 0 fully saturated rings. The first-order chi connectivity index (χ1) is 7.84. The Labute approximate surface area is 102 Å². The van der Waals surface area contributed by atoms with Crippen molar-refractivity contribution >= 4 is 17.3 Å². The van der Waals surface area contributed by atoms with Crippen LogP contribution in [0, 0.1) is 5.92 Å². The van der Waals surface area contributed by atoms with Crippen molar-refractivity contribution in [2.45, 2.75) is 26.8 Å². The Morgan fingerprint density at radius 3 is 2.41 bits per heavy atom. The molecule has 0 aliphatic rings. The van der Waals surface area contributed by atoms with Crippen molar-refractivity contribution in [3.8, 4) is 0 Å². The molecule has 1 atom stereocenters. The molecule has 0 aliphatic carbocycles. The van der Waals surface area contributed by atoms with Gasteiger partial charge in [0.15, 0.2) is 0 Å². The first-order valence-corrected chi connectivity index (χ1v) is 5.70. The first kappa shape index (κ1) is 13.4. The second kappa shape index (κ2) is 5.08. The van der Waals surface area contributed by atoms with Crippen molar-refractivity contribution in [3.63, 3.8) is 0 Å². The molecule has 1 aromatic carbocycles. The Morgan fingerprint density at radius 1 is 1.35 bits per heavy atom. The van der Waals surface area contributed by atoms with Gasteiger partial charge in [0.25, 0.3) is 0 Å². The number of nitrogen functional groups attached to an aromatic ring is 1. The quantitative estimate of drug-likeness (QED) is 0.788. The van der Waals surface area contributed by atoms with Gasteiger partial charge in [0.05, 0.1) is 16.9 Å². The zero-order chi connectivity index (χ0) is 13.2. The number of anilines is 2. The molecule has 3 N–H and O–H groups in total. The van der Waals surface area contributed by atoms with E-state index in [1.54, 1.807) is 12.1 Å². The molecule has 17 heavy (non-hydrogen) atoms. The van der Waals surface area contributed by atoms with E-state index in [1.807, 2.05) is 11.9 Å². The molecule has 4 heteroatoms. The van der Waals surface area contributed by atoms with Crippen molar-refractivity contribution in [1.29, 1.82) is 0 Å². The molecule has 1 aromatic rings. The first-order valence-electron chi connectivity index (χ1n) is 5.70. The highest BCUT2D eigenvalue weighted by Gasteiger charge is 2.17. The lowest BCUT2D eigenvalue weighted by Crippen LogP contribution is -2.33. The molecule has 0 amide bonds. The summed E-state index contributed by atoms with van der Waals surface area (Å²) < 4.78 is 0. The average Bonchev–Trinajstić information content (AvgIpc) is 2.27. The van der Waals surface area contributed by atoms with Crippen LogP contribution in [0.15, 0.2) is 18.2 Å². The smallest absolute Gasteiger partial charge is 0.335 e. The second-order valence-electron chi connectivity index (χ2n) is 4.67. The lowest BCUT2D eigenvalue weighted by Gasteiger charge is -2.31. The van der Waals surface area contributed by atoms with Gasteiger partial charge in [0.2, 0.25) is 0 Å². The minimum absolute atomic E-state index is 0.261. The molecule has 0 saturated carbocycles. The number of carboxylic acids is 1. The Balaban J connectivity index is 3.12. The lowest BCUT2D eigenvalue weighted by atomic mass is 10.0. The van der Waals surface area contributed by atoms with Gasteiger partial charge in [-0.15, -0.1) is 0 Å². The van der Waals surface area contributed by atoms with Crippen LogP contribution in [0.25, 0.3) is 0 Å². The standard InChI is InChI=1S/C13H20N2O2/c1-8(2)9(3)15(4)12-7-10(13(16)17)5-6-11(12)14/h5-9H,14H2,1-4H3,(H,16,17). The van der Waals surface area contributed by atoms with Crippen molar-refractivity contribution in [1.82, 2.24) is 0 Å². The summed E-state index contributed by atoms with van der Waals surface area (Å²) in [7, 11) is 1.93. The van der Waals surface area contributed by atoms with Crippen LogP contribution >= 0.6 is 0 Å². The highest BCUT2D eigenvalue weighted by molar-refractivity contribution is 5.90. The Hall–Kier alpha value is -1.71. The van der Waals surface area contributed by atoms with Gasteiger partial charge in [-0.3, -0.25) is 0 Å². The summed E-state index contributed by atoms with van der Waals surface area (Å²) in [6.07, 6.45) is 0. The molecule has 0 spiro atoms. The summed E-state index contributed by atoms with van der Waals surface area (Å²) in [5.74, 6) is -0.468. The van der Waals surface area contributed by atoms with Crippen molar-refractivity contribution < 1.29 is 9.90 Å². The number of rotatable bonds is 4. The van der Waals surface area contributed by atoms with Crippen LogP contribution in [0.2, 0.25) is 0 Å². The fourth-order valence-electron chi connectivity index (χ4n) is 1.65. The molecule has 94 valence electrons. The number of carbonyl (C=O) groups is 1. The second-order valence-corrected chi connectivity index (χ2v) is 4.67. The largest absolute Gasteiger partial charge is 0.478 e. The zero-order valence-corrected chi connectivity index (χ0v) is 10.8. The lowest BCUT2D eigenvalue weighted by molar-refractivity contribution is 0.0697. The third-order valence-electron chi connectivity index (χ3n) is 3.23. The van der Waals surface area contributed by atoms with Crippen LogP contribution in [-0.4, -0.2) is 24.2 Å². The van der Waals surface area contributed by atoms with E-state index in [0.717, 1.165) is 5.69 Å². The summed E-state index contributed by atoms with van der Waals surface area (Å²) in [5, 5.41) is 8.97. The molecule has 4 nitrogen and oxygen atoms in total. The van der Waals surface area contributed by atoms with E-state index >= 15 is 0 Å². The van der Waals surface area contributed by atoms with Crippen LogP contribution in [0.3, 0.4) is 0 Å². The molecule has 0 radical (unpaired) electrons. The molecule has 1 rings (SSSR count). The van der Waals surface area contributed by atoms with Crippen molar-refractivity contribution in [2.75, 3.05) is 17.7 Å². The van der Waals surface area contributed by atoms with E-state index in [9.17, 15) is 4.79 Å². The molecular formula is C13H20N2O2. The van der Waals surface area contributed by atoms with E-state index in [2.05, 4.69) is 20.8 Å². The summed E-state index contributed by atoms with van der Waals surface area (Å²) in [6.45, 7) is 6.34. The number of carboxylic acid groups (broad SMARTS) is 1. The number of benzene rings is 1. The SMILES string of the molecule is CC(C)C(C)N(C)c1cc(C(=O)O)ccc1N. The normalized spacial score (nSPS) is 12.5. The van der Waals surface area contributed by atoms with Gasteiger partial charge in [0.1, 0.15) is 0 Å². The van der Waals surface area contributed by atoms with E-state index in [0.29, 0.717) is 17.6 Å².